The maximum Gasteiger partial charge on any atom is 0.0974 e. The van der Waals surface area contributed by atoms with Gasteiger partial charge in [-0.05, 0) is 81.4 Å². The van der Waals surface area contributed by atoms with Gasteiger partial charge in [0.15, 0.2) is 0 Å². The predicted octanol–water partition coefficient (Wildman–Crippen LogP) is 9.29. The molecular formula is C35H26N2. The first-order valence-electron chi connectivity index (χ1n) is 12.9. The van der Waals surface area contributed by atoms with Crippen molar-refractivity contribution in [2.45, 2.75) is 20.3 Å². The Labute approximate surface area is 216 Å². The van der Waals surface area contributed by atoms with E-state index in [9.17, 15) is 0 Å². The van der Waals surface area contributed by atoms with Crippen LogP contribution in [0.4, 0.5) is 0 Å². The normalized spacial score (nSPS) is 11.6. The summed E-state index contributed by atoms with van der Waals surface area (Å²) in [6.45, 7) is 4.20. The first kappa shape index (κ1) is 21.7. The van der Waals surface area contributed by atoms with Crippen LogP contribution < -0.4 is 0 Å². The van der Waals surface area contributed by atoms with Crippen LogP contribution >= 0.6 is 0 Å². The predicted molar refractivity (Wildman–Crippen MR) is 157 cm³/mol. The van der Waals surface area contributed by atoms with E-state index in [4.69, 9.17) is 9.97 Å². The van der Waals surface area contributed by atoms with Crippen molar-refractivity contribution in [1.29, 1.82) is 0 Å². The van der Waals surface area contributed by atoms with Gasteiger partial charge < -0.3 is 0 Å². The average Bonchev–Trinajstić information content (AvgIpc) is 2.96. The third kappa shape index (κ3) is 3.65. The van der Waals surface area contributed by atoms with Crippen molar-refractivity contribution >= 4 is 43.4 Å². The van der Waals surface area contributed by atoms with Crippen molar-refractivity contribution in [3.05, 3.63) is 121 Å². The Bertz CT molecular complexity index is 1980. The van der Waals surface area contributed by atoms with E-state index in [2.05, 4.69) is 116 Å². The van der Waals surface area contributed by atoms with E-state index in [1.54, 1.807) is 0 Å². The Morgan fingerprint density at radius 3 is 2.16 bits per heavy atom. The molecule has 5 aromatic carbocycles. The molecule has 0 aliphatic rings. The molecule has 2 heteroatoms. The van der Waals surface area contributed by atoms with E-state index in [0.29, 0.717) is 0 Å². The third-order valence-corrected chi connectivity index (χ3v) is 7.45. The van der Waals surface area contributed by atoms with Gasteiger partial charge in [-0.15, -0.1) is 0 Å². The summed E-state index contributed by atoms with van der Waals surface area (Å²) in [5.74, 6) is 0. The van der Waals surface area contributed by atoms with Crippen molar-refractivity contribution in [2.75, 3.05) is 0 Å². The molecule has 0 amide bonds. The maximum atomic E-state index is 5.03. The number of aromatic nitrogens is 2. The van der Waals surface area contributed by atoms with Crippen molar-refractivity contribution in [3.63, 3.8) is 0 Å². The van der Waals surface area contributed by atoms with Crippen LogP contribution in [0.3, 0.4) is 0 Å². The minimum absolute atomic E-state index is 0.878. The van der Waals surface area contributed by atoms with E-state index in [1.165, 1.54) is 43.8 Å². The molecule has 0 spiro atoms. The summed E-state index contributed by atoms with van der Waals surface area (Å²) in [6.07, 6.45) is 0.878. The zero-order valence-electron chi connectivity index (χ0n) is 21.0. The van der Waals surface area contributed by atoms with Gasteiger partial charge in [0.05, 0.1) is 11.0 Å². The highest BCUT2D eigenvalue weighted by atomic mass is 14.8. The molecule has 0 bridgehead atoms. The van der Waals surface area contributed by atoms with Gasteiger partial charge >= 0.3 is 0 Å². The lowest BCUT2D eigenvalue weighted by atomic mass is 9.93. The second-order valence-corrected chi connectivity index (χ2v) is 9.80. The smallest absolute Gasteiger partial charge is 0.0974 e. The van der Waals surface area contributed by atoms with Gasteiger partial charge in [0.1, 0.15) is 0 Å². The summed E-state index contributed by atoms with van der Waals surface area (Å²) in [5.41, 5.74) is 8.90. The van der Waals surface area contributed by atoms with Crippen molar-refractivity contribution in [3.8, 4) is 22.3 Å². The van der Waals surface area contributed by atoms with Gasteiger partial charge in [0.25, 0.3) is 0 Å². The van der Waals surface area contributed by atoms with Crippen LogP contribution in [0, 0.1) is 6.92 Å². The quantitative estimate of drug-likeness (QED) is 0.238. The van der Waals surface area contributed by atoms with Crippen LogP contribution in [0.1, 0.15) is 18.3 Å². The fourth-order valence-electron chi connectivity index (χ4n) is 5.50. The summed E-state index contributed by atoms with van der Waals surface area (Å²) < 4.78 is 0. The molecule has 2 aromatic heterocycles. The van der Waals surface area contributed by atoms with E-state index in [0.717, 1.165) is 39.6 Å². The average molecular weight is 475 g/mol. The molecule has 2 nitrogen and oxygen atoms in total. The largest absolute Gasteiger partial charge is 0.251 e. The minimum Gasteiger partial charge on any atom is -0.251 e. The van der Waals surface area contributed by atoms with E-state index in [-0.39, 0.29) is 0 Å². The maximum absolute atomic E-state index is 5.03. The Morgan fingerprint density at radius 1 is 0.514 bits per heavy atom. The number of aryl methyl sites for hydroxylation is 2. The van der Waals surface area contributed by atoms with Gasteiger partial charge in [0, 0.05) is 22.2 Å². The first-order chi connectivity index (χ1) is 18.2. The molecule has 0 fully saturated rings. The zero-order chi connectivity index (χ0) is 24.9. The van der Waals surface area contributed by atoms with Crippen LogP contribution in [0.15, 0.2) is 109 Å². The number of hydrogen-bond donors (Lipinski definition) is 0. The summed E-state index contributed by atoms with van der Waals surface area (Å²) in [5, 5.41) is 7.40. The molecular weight excluding hydrogens is 448 g/mol. The second-order valence-electron chi connectivity index (χ2n) is 9.80. The highest BCUT2D eigenvalue weighted by molar-refractivity contribution is 6.09. The molecule has 0 aliphatic heterocycles. The lowest BCUT2D eigenvalue weighted by molar-refractivity contribution is 1.06. The van der Waals surface area contributed by atoms with E-state index in [1.807, 2.05) is 6.92 Å². The van der Waals surface area contributed by atoms with E-state index >= 15 is 0 Å². The summed E-state index contributed by atoms with van der Waals surface area (Å²) in [4.78, 5) is 9.89. The molecule has 2 heterocycles. The molecule has 0 saturated carbocycles. The molecule has 0 unspecified atom stereocenters. The third-order valence-electron chi connectivity index (χ3n) is 7.45. The van der Waals surface area contributed by atoms with E-state index < -0.39 is 0 Å². The standard InChI is InChI=1S/C35H26N2/c1-3-29-21-33(32-18-15-24-12-11-22(2)36-34(24)35(32)37-29)27-9-6-8-25(19-27)26-16-17-31-28(20-26)14-13-23-7-4-5-10-30(23)31/h4-21H,3H2,1-2H3. The van der Waals surface area contributed by atoms with Crippen LogP contribution in [0.2, 0.25) is 0 Å². The topological polar surface area (TPSA) is 25.8 Å². The van der Waals surface area contributed by atoms with Crippen molar-refractivity contribution in [1.82, 2.24) is 9.97 Å². The fraction of sp³-hybridized carbons (Fsp3) is 0.0857. The Morgan fingerprint density at radius 2 is 1.24 bits per heavy atom. The van der Waals surface area contributed by atoms with Gasteiger partial charge in [-0.1, -0.05) is 91.9 Å². The minimum atomic E-state index is 0.878. The molecule has 37 heavy (non-hydrogen) atoms. The summed E-state index contributed by atoms with van der Waals surface area (Å²) in [7, 11) is 0. The number of nitrogens with zero attached hydrogens (tertiary/aromatic N) is 2. The number of benzene rings is 5. The molecule has 7 aromatic rings. The Kier molecular flexibility index (Phi) is 5.00. The van der Waals surface area contributed by atoms with Crippen molar-refractivity contribution < 1.29 is 0 Å². The second kappa shape index (κ2) is 8.53. The molecule has 176 valence electrons. The van der Waals surface area contributed by atoms with Crippen LogP contribution in [-0.2, 0) is 6.42 Å². The SMILES string of the molecule is CCc1cc(-c2cccc(-c3ccc4c(ccc5ccccc54)c3)c2)c2ccc3ccc(C)nc3c2n1. The number of pyridine rings is 2. The van der Waals surface area contributed by atoms with Crippen LogP contribution in [-0.4, -0.2) is 9.97 Å². The van der Waals surface area contributed by atoms with Crippen LogP contribution in [0.5, 0.6) is 0 Å². The van der Waals surface area contributed by atoms with Crippen LogP contribution in [0.25, 0.3) is 65.6 Å². The monoisotopic (exact) mass is 474 g/mol. The highest BCUT2D eigenvalue weighted by Gasteiger charge is 2.13. The number of rotatable bonds is 3. The van der Waals surface area contributed by atoms with Gasteiger partial charge in [-0.3, -0.25) is 9.97 Å². The first-order valence-corrected chi connectivity index (χ1v) is 12.9. The molecule has 0 aliphatic carbocycles. The zero-order valence-corrected chi connectivity index (χ0v) is 21.0. The summed E-state index contributed by atoms with van der Waals surface area (Å²) >= 11 is 0. The Balaban J connectivity index is 1.41. The molecule has 7 rings (SSSR count). The molecule has 0 N–H and O–H groups in total. The van der Waals surface area contributed by atoms with Gasteiger partial charge in [0.2, 0.25) is 0 Å². The lowest BCUT2D eigenvalue weighted by Gasteiger charge is -2.13. The Hall–Kier alpha value is -4.56. The van der Waals surface area contributed by atoms with Gasteiger partial charge in [-0.25, -0.2) is 0 Å². The lowest BCUT2D eigenvalue weighted by Crippen LogP contribution is -1.95. The summed E-state index contributed by atoms with van der Waals surface area (Å²) in [6, 6.07) is 39.6. The number of hydrogen-bond acceptors (Lipinski definition) is 2. The van der Waals surface area contributed by atoms with Crippen molar-refractivity contribution in [2.24, 2.45) is 0 Å². The molecule has 0 atom stereocenters. The number of fused-ring (bicyclic) bond motifs is 6. The van der Waals surface area contributed by atoms with Gasteiger partial charge in [-0.2, -0.15) is 0 Å². The highest BCUT2D eigenvalue weighted by Crippen LogP contribution is 2.35. The molecule has 0 radical (unpaired) electrons. The molecule has 0 saturated heterocycles. The fourth-order valence-corrected chi connectivity index (χ4v) is 5.50.